The van der Waals surface area contributed by atoms with Crippen LogP contribution in [0.5, 0.6) is 0 Å². The average Bonchev–Trinajstić information content (AvgIpc) is 2.97. The van der Waals surface area contributed by atoms with E-state index in [1.807, 2.05) is 75.4 Å². The van der Waals surface area contributed by atoms with Crippen LogP contribution in [0.4, 0.5) is 0 Å². The van der Waals surface area contributed by atoms with E-state index >= 15 is 0 Å². The summed E-state index contributed by atoms with van der Waals surface area (Å²) in [5.41, 5.74) is 5.20. The van der Waals surface area contributed by atoms with Crippen molar-refractivity contribution in [3.8, 4) is 0 Å². The number of carbonyl (C=O) groups is 1. The van der Waals surface area contributed by atoms with E-state index in [4.69, 9.17) is 0 Å². The van der Waals surface area contributed by atoms with E-state index in [1.54, 1.807) is 12.3 Å². The molecule has 2 heterocycles. The molecule has 4 rings (SSSR count). The van der Waals surface area contributed by atoms with Crippen molar-refractivity contribution in [3.05, 3.63) is 86.8 Å². The molecule has 0 unspecified atom stereocenters. The van der Waals surface area contributed by atoms with Gasteiger partial charge in [0.2, 0.25) is 5.43 Å². The maximum atomic E-state index is 12.9. The largest absolute Gasteiger partial charge is 0.348 e. The van der Waals surface area contributed by atoms with Gasteiger partial charge in [-0.05, 0) is 38.0 Å². The van der Waals surface area contributed by atoms with E-state index < -0.39 is 0 Å². The average molecular weight is 374 g/mol. The number of aryl methyl sites for hydroxylation is 3. The predicted octanol–water partition coefficient (Wildman–Crippen LogP) is 4.77. The van der Waals surface area contributed by atoms with Crippen LogP contribution in [0.3, 0.4) is 0 Å². The number of hydrogen-bond acceptors (Lipinski definition) is 2. The van der Waals surface area contributed by atoms with Crippen LogP contribution < -0.4 is 10.7 Å². The molecule has 0 spiro atoms. The molecular weight excluding hydrogens is 348 g/mol. The molecule has 0 aliphatic rings. The third-order valence-corrected chi connectivity index (χ3v) is 5.15. The monoisotopic (exact) mass is 374 g/mol. The van der Waals surface area contributed by atoms with Gasteiger partial charge in [-0.2, -0.15) is 0 Å². The highest BCUT2D eigenvalue weighted by Crippen LogP contribution is 2.27. The molecule has 1 N–H and O–H groups in total. The molecule has 0 fully saturated rings. The second-order valence-electron chi connectivity index (χ2n) is 6.82. The number of pyridine rings is 1. The first kappa shape index (κ1) is 19.6. The zero-order chi connectivity index (χ0) is 20.4. The first-order chi connectivity index (χ1) is 13.5. The molecule has 28 heavy (non-hydrogen) atoms. The van der Waals surface area contributed by atoms with Crippen molar-refractivity contribution in [3.63, 3.8) is 0 Å². The van der Waals surface area contributed by atoms with Crippen LogP contribution in [0.2, 0.25) is 0 Å². The summed E-state index contributed by atoms with van der Waals surface area (Å²) in [4.78, 5) is 25.6. The molecule has 1 amide bonds. The van der Waals surface area contributed by atoms with Crippen molar-refractivity contribution in [1.29, 1.82) is 0 Å². The fourth-order valence-electron chi connectivity index (χ4n) is 3.47. The Labute approximate surface area is 165 Å². The minimum atomic E-state index is -0.344. The zero-order valence-electron chi connectivity index (χ0n) is 17.1. The molecule has 4 nitrogen and oxygen atoms in total. The molecule has 4 aromatic rings. The molecule has 2 aromatic carbocycles. The quantitative estimate of drug-likeness (QED) is 0.561. The Morgan fingerprint density at radius 2 is 1.61 bits per heavy atom. The number of carbonyl (C=O) groups excluding carboxylic acids is 1. The summed E-state index contributed by atoms with van der Waals surface area (Å²) < 4.78 is 1.96. The molecule has 4 heteroatoms. The van der Waals surface area contributed by atoms with Gasteiger partial charge in [0.1, 0.15) is 5.56 Å². The fourth-order valence-corrected chi connectivity index (χ4v) is 3.47. The molecule has 144 valence electrons. The van der Waals surface area contributed by atoms with Crippen LogP contribution in [0.1, 0.15) is 46.6 Å². The van der Waals surface area contributed by atoms with Gasteiger partial charge in [0.15, 0.2) is 0 Å². The first-order valence-electron chi connectivity index (χ1n) is 9.67. The normalized spacial score (nSPS) is 10.8. The summed E-state index contributed by atoms with van der Waals surface area (Å²) in [6.07, 6.45) is 1.67. The highest BCUT2D eigenvalue weighted by atomic mass is 16.2. The van der Waals surface area contributed by atoms with Crippen LogP contribution in [0.25, 0.3) is 16.3 Å². The zero-order valence-corrected chi connectivity index (χ0v) is 17.1. The van der Waals surface area contributed by atoms with Crippen molar-refractivity contribution in [2.24, 2.45) is 0 Å². The Morgan fingerprint density at radius 3 is 2.29 bits per heavy atom. The lowest BCUT2D eigenvalue weighted by Crippen LogP contribution is -2.29. The summed E-state index contributed by atoms with van der Waals surface area (Å²) in [7, 11) is 0. The maximum absolute atomic E-state index is 12.9. The number of amides is 1. The number of aromatic nitrogens is 1. The summed E-state index contributed by atoms with van der Waals surface area (Å²) in [5.74, 6) is -0.344. The van der Waals surface area contributed by atoms with Crippen molar-refractivity contribution in [1.82, 2.24) is 9.72 Å². The van der Waals surface area contributed by atoms with Gasteiger partial charge in [-0.3, -0.25) is 9.59 Å². The van der Waals surface area contributed by atoms with Gasteiger partial charge in [-0.1, -0.05) is 55.8 Å². The fraction of sp³-hybridized carbons (Fsp3) is 0.250. The Kier molecular flexibility index (Phi) is 5.50. The van der Waals surface area contributed by atoms with Gasteiger partial charge in [0, 0.05) is 29.2 Å². The Balaban J connectivity index is 0.00000109. The smallest absolute Gasteiger partial charge is 0.257 e. The van der Waals surface area contributed by atoms with Crippen LogP contribution in [-0.2, 0) is 6.54 Å². The van der Waals surface area contributed by atoms with Gasteiger partial charge >= 0.3 is 0 Å². The summed E-state index contributed by atoms with van der Waals surface area (Å²) in [5, 5.41) is 4.51. The number of para-hydroxylation sites is 1. The molecule has 0 aliphatic carbocycles. The number of nitrogens with one attached hydrogen (secondary N) is 1. The Morgan fingerprint density at radius 1 is 0.964 bits per heavy atom. The van der Waals surface area contributed by atoms with Gasteiger partial charge in [0.25, 0.3) is 5.91 Å². The first-order valence-corrected chi connectivity index (χ1v) is 9.67. The van der Waals surface area contributed by atoms with Crippen LogP contribution in [0, 0.1) is 20.8 Å². The highest BCUT2D eigenvalue weighted by Gasteiger charge is 2.18. The summed E-state index contributed by atoms with van der Waals surface area (Å²) in [6.45, 7) is 10.5. The highest BCUT2D eigenvalue weighted by molar-refractivity contribution is 6.03. The minimum absolute atomic E-state index is 0.177. The third-order valence-electron chi connectivity index (χ3n) is 5.15. The Hall–Kier alpha value is -3.14. The lowest BCUT2D eigenvalue weighted by atomic mass is 10.1. The predicted molar refractivity (Wildman–Crippen MR) is 116 cm³/mol. The van der Waals surface area contributed by atoms with Crippen molar-refractivity contribution >= 4 is 22.2 Å². The molecule has 0 saturated heterocycles. The number of rotatable bonds is 3. The Bertz CT molecular complexity index is 1190. The van der Waals surface area contributed by atoms with E-state index in [0.717, 1.165) is 27.7 Å². The maximum Gasteiger partial charge on any atom is 0.257 e. The molecule has 0 saturated carbocycles. The minimum Gasteiger partial charge on any atom is -0.348 e. The summed E-state index contributed by atoms with van der Waals surface area (Å²) in [6, 6.07) is 13.6. The molecule has 2 aromatic heterocycles. The second kappa shape index (κ2) is 7.85. The van der Waals surface area contributed by atoms with Crippen LogP contribution in [-0.4, -0.2) is 10.3 Å². The van der Waals surface area contributed by atoms with Gasteiger partial charge < -0.3 is 9.72 Å². The molecule has 0 aliphatic heterocycles. The van der Waals surface area contributed by atoms with E-state index in [2.05, 4.69) is 5.32 Å². The molecule has 0 bridgehead atoms. The van der Waals surface area contributed by atoms with E-state index in [9.17, 15) is 9.59 Å². The van der Waals surface area contributed by atoms with Crippen molar-refractivity contribution in [2.45, 2.75) is 41.2 Å². The molecule has 0 radical (unpaired) electrons. The summed E-state index contributed by atoms with van der Waals surface area (Å²) >= 11 is 0. The lowest BCUT2D eigenvalue weighted by Gasteiger charge is -2.08. The molecular formula is C24H26N2O2. The van der Waals surface area contributed by atoms with Crippen LogP contribution >= 0.6 is 0 Å². The molecule has 0 atom stereocenters. The van der Waals surface area contributed by atoms with Crippen molar-refractivity contribution < 1.29 is 4.79 Å². The van der Waals surface area contributed by atoms with E-state index in [-0.39, 0.29) is 16.9 Å². The SMILES string of the molecule is CC.Cc1ccc(CNC(=O)c2cn3c(C)c(C)c4cccc(c2=O)c43)cc1. The number of hydrogen-bond donors (Lipinski definition) is 1. The number of nitrogens with zero attached hydrogens (tertiary/aromatic N) is 1. The lowest BCUT2D eigenvalue weighted by molar-refractivity contribution is 0.0949. The number of benzene rings is 2. The van der Waals surface area contributed by atoms with Gasteiger partial charge in [-0.15, -0.1) is 0 Å². The van der Waals surface area contributed by atoms with E-state index in [1.165, 1.54) is 5.56 Å². The second-order valence-corrected chi connectivity index (χ2v) is 6.82. The van der Waals surface area contributed by atoms with Gasteiger partial charge in [0.05, 0.1) is 5.52 Å². The van der Waals surface area contributed by atoms with E-state index in [0.29, 0.717) is 11.9 Å². The topological polar surface area (TPSA) is 50.6 Å². The third kappa shape index (κ3) is 3.26. The standard InChI is InChI=1S/C22H20N2O2.C2H6/c1-13-7-9-16(10-8-13)11-23-22(26)19-12-24-15(3)14(2)17-5-4-6-18(20(17)24)21(19)25;1-2/h4-10,12H,11H2,1-3H3,(H,23,26);1-2H3. The van der Waals surface area contributed by atoms with Crippen LogP contribution in [0.15, 0.2) is 53.5 Å². The van der Waals surface area contributed by atoms with Crippen molar-refractivity contribution in [2.75, 3.05) is 0 Å². The van der Waals surface area contributed by atoms with Gasteiger partial charge in [-0.25, -0.2) is 0 Å².